The van der Waals surface area contributed by atoms with Crippen LogP contribution in [-0.4, -0.2) is 5.91 Å². The number of para-hydroxylation sites is 1. The second-order valence-corrected chi connectivity index (χ2v) is 6.98. The van der Waals surface area contributed by atoms with Gasteiger partial charge in [0.1, 0.15) is 29.8 Å². The van der Waals surface area contributed by atoms with E-state index in [4.69, 9.17) is 4.74 Å². The lowest BCUT2D eigenvalue weighted by Gasteiger charge is -2.10. The monoisotopic (exact) mass is 450 g/mol. The molecule has 3 aromatic rings. The number of carbonyl (C=O) groups excluding carboxylic acids is 1. The lowest BCUT2D eigenvalue weighted by molar-refractivity contribution is -0.112. The van der Waals surface area contributed by atoms with Crippen molar-refractivity contribution in [1.29, 1.82) is 5.26 Å². The molecule has 4 nitrogen and oxygen atoms in total. The standard InChI is InChI=1S/C23H16BrFN2O2/c24-19-10-11-21(20(25)13-19)27-23(28)18(14-26)12-17-8-4-5-9-22(17)29-15-16-6-2-1-3-7-16/h1-13H,15H2,(H,27,28). The second-order valence-electron chi connectivity index (χ2n) is 6.06. The van der Waals surface area contributed by atoms with E-state index in [1.54, 1.807) is 30.3 Å². The van der Waals surface area contributed by atoms with E-state index < -0.39 is 11.7 Å². The molecule has 0 spiro atoms. The van der Waals surface area contributed by atoms with E-state index in [1.807, 2.05) is 36.4 Å². The van der Waals surface area contributed by atoms with Crippen molar-refractivity contribution in [2.45, 2.75) is 6.61 Å². The van der Waals surface area contributed by atoms with Crippen molar-refractivity contribution >= 4 is 33.6 Å². The molecule has 144 valence electrons. The Bertz CT molecular complexity index is 1090. The van der Waals surface area contributed by atoms with Crippen LogP contribution in [0.2, 0.25) is 0 Å². The average Bonchev–Trinajstić information content (AvgIpc) is 2.74. The third kappa shape index (κ3) is 5.53. The SMILES string of the molecule is N#CC(=Cc1ccccc1OCc1ccccc1)C(=O)Nc1ccc(Br)cc1F. The van der Waals surface area contributed by atoms with Gasteiger partial charge in [0.05, 0.1) is 5.69 Å². The van der Waals surface area contributed by atoms with Gasteiger partial charge in [-0.25, -0.2) is 4.39 Å². The molecular formula is C23H16BrFN2O2. The number of carbonyl (C=O) groups is 1. The number of hydrogen-bond acceptors (Lipinski definition) is 3. The van der Waals surface area contributed by atoms with Gasteiger partial charge in [-0.1, -0.05) is 64.5 Å². The fourth-order valence-electron chi connectivity index (χ4n) is 2.55. The van der Waals surface area contributed by atoms with Gasteiger partial charge in [0.15, 0.2) is 0 Å². The van der Waals surface area contributed by atoms with Crippen LogP contribution in [0.3, 0.4) is 0 Å². The highest BCUT2D eigenvalue weighted by molar-refractivity contribution is 9.10. The van der Waals surface area contributed by atoms with Gasteiger partial charge in [0.2, 0.25) is 0 Å². The lowest BCUT2D eigenvalue weighted by Crippen LogP contribution is -2.14. The number of rotatable bonds is 6. The Hall–Kier alpha value is -3.43. The molecule has 0 unspecified atom stereocenters. The number of nitrogens with one attached hydrogen (secondary N) is 1. The molecule has 0 aromatic heterocycles. The van der Waals surface area contributed by atoms with Crippen LogP contribution in [0.4, 0.5) is 10.1 Å². The predicted molar refractivity (Wildman–Crippen MR) is 114 cm³/mol. The summed E-state index contributed by atoms with van der Waals surface area (Å²) in [4.78, 5) is 12.5. The molecule has 0 atom stereocenters. The van der Waals surface area contributed by atoms with E-state index in [9.17, 15) is 14.4 Å². The summed E-state index contributed by atoms with van der Waals surface area (Å²) in [7, 11) is 0. The molecule has 0 aliphatic heterocycles. The van der Waals surface area contributed by atoms with E-state index in [0.29, 0.717) is 22.4 Å². The second kappa shape index (κ2) is 9.67. The van der Waals surface area contributed by atoms with Crippen molar-refractivity contribution in [3.05, 3.63) is 99.8 Å². The maximum Gasteiger partial charge on any atom is 0.266 e. The molecule has 3 aromatic carbocycles. The van der Waals surface area contributed by atoms with Crippen molar-refractivity contribution < 1.29 is 13.9 Å². The smallest absolute Gasteiger partial charge is 0.266 e. The summed E-state index contributed by atoms with van der Waals surface area (Å²) < 4.78 is 20.4. The van der Waals surface area contributed by atoms with E-state index in [0.717, 1.165) is 5.56 Å². The van der Waals surface area contributed by atoms with Gasteiger partial charge in [-0.05, 0) is 35.9 Å². The molecule has 0 saturated carbocycles. The zero-order valence-electron chi connectivity index (χ0n) is 15.2. The van der Waals surface area contributed by atoms with Crippen molar-refractivity contribution in [2.75, 3.05) is 5.32 Å². The zero-order valence-corrected chi connectivity index (χ0v) is 16.8. The van der Waals surface area contributed by atoms with Crippen molar-refractivity contribution in [3.8, 4) is 11.8 Å². The summed E-state index contributed by atoms with van der Waals surface area (Å²) in [6.07, 6.45) is 1.42. The molecular weight excluding hydrogens is 435 g/mol. The van der Waals surface area contributed by atoms with Gasteiger partial charge < -0.3 is 10.1 Å². The van der Waals surface area contributed by atoms with Gasteiger partial charge in [-0.2, -0.15) is 5.26 Å². The van der Waals surface area contributed by atoms with E-state index >= 15 is 0 Å². The summed E-state index contributed by atoms with van der Waals surface area (Å²) in [6.45, 7) is 0.351. The first-order valence-electron chi connectivity index (χ1n) is 8.71. The number of nitriles is 1. The molecule has 1 amide bonds. The summed E-state index contributed by atoms with van der Waals surface area (Å²) in [5.74, 6) is -0.769. The fourth-order valence-corrected chi connectivity index (χ4v) is 2.88. The molecule has 0 fully saturated rings. The number of hydrogen-bond donors (Lipinski definition) is 1. The Kier molecular flexibility index (Phi) is 6.77. The van der Waals surface area contributed by atoms with Crippen molar-refractivity contribution in [3.63, 3.8) is 0 Å². The van der Waals surface area contributed by atoms with Crippen LogP contribution >= 0.6 is 15.9 Å². The van der Waals surface area contributed by atoms with Crippen LogP contribution in [0.5, 0.6) is 5.75 Å². The van der Waals surface area contributed by atoms with Crippen LogP contribution in [0, 0.1) is 17.1 Å². The summed E-state index contributed by atoms with van der Waals surface area (Å²) in [6, 6.07) is 22.9. The first-order valence-corrected chi connectivity index (χ1v) is 9.50. The Morgan fingerprint density at radius 1 is 1.10 bits per heavy atom. The number of benzene rings is 3. The van der Waals surface area contributed by atoms with Crippen LogP contribution in [0.25, 0.3) is 6.08 Å². The first kappa shape index (κ1) is 20.3. The third-order valence-corrected chi connectivity index (χ3v) is 4.49. The maximum absolute atomic E-state index is 14.0. The fraction of sp³-hybridized carbons (Fsp3) is 0.0435. The van der Waals surface area contributed by atoms with Crippen LogP contribution < -0.4 is 10.1 Å². The summed E-state index contributed by atoms with van der Waals surface area (Å²) >= 11 is 3.16. The quantitative estimate of drug-likeness (QED) is 0.386. The topological polar surface area (TPSA) is 62.1 Å². The molecule has 0 aliphatic rings. The van der Waals surface area contributed by atoms with Crippen LogP contribution in [0.1, 0.15) is 11.1 Å². The largest absolute Gasteiger partial charge is 0.488 e. The van der Waals surface area contributed by atoms with Crippen molar-refractivity contribution in [2.24, 2.45) is 0 Å². The minimum absolute atomic E-state index is 0.00652. The van der Waals surface area contributed by atoms with Gasteiger partial charge in [0.25, 0.3) is 5.91 Å². The van der Waals surface area contributed by atoms with Gasteiger partial charge >= 0.3 is 0 Å². The van der Waals surface area contributed by atoms with Crippen molar-refractivity contribution in [1.82, 2.24) is 0 Å². The first-order chi connectivity index (χ1) is 14.1. The molecule has 0 saturated heterocycles. The molecule has 0 heterocycles. The Morgan fingerprint density at radius 3 is 2.55 bits per heavy atom. The van der Waals surface area contributed by atoms with Crippen LogP contribution in [0.15, 0.2) is 82.8 Å². The van der Waals surface area contributed by atoms with E-state index in [1.165, 1.54) is 18.2 Å². The number of halogens is 2. The number of anilines is 1. The maximum atomic E-state index is 14.0. The number of nitrogens with zero attached hydrogens (tertiary/aromatic N) is 1. The average molecular weight is 451 g/mol. The normalized spacial score (nSPS) is 10.9. The Labute approximate surface area is 176 Å². The summed E-state index contributed by atoms with van der Waals surface area (Å²) in [5, 5.41) is 11.8. The highest BCUT2D eigenvalue weighted by Crippen LogP contribution is 2.24. The van der Waals surface area contributed by atoms with E-state index in [-0.39, 0.29) is 11.3 Å². The Balaban J connectivity index is 1.79. The molecule has 0 bridgehead atoms. The molecule has 29 heavy (non-hydrogen) atoms. The highest BCUT2D eigenvalue weighted by Gasteiger charge is 2.13. The lowest BCUT2D eigenvalue weighted by atomic mass is 10.1. The Morgan fingerprint density at radius 2 is 1.83 bits per heavy atom. The molecule has 0 aliphatic carbocycles. The predicted octanol–water partition coefficient (Wildman–Crippen LogP) is 5.71. The molecule has 6 heteroatoms. The van der Waals surface area contributed by atoms with E-state index in [2.05, 4.69) is 21.2 Å². The zero-order chi connectivity index (χ0) is 20.6. The minimum atomic E-state index is -0.702. The third-order valence-electron chi connectivity index (χ3n) is 4.00. The minimum Gasteiger partial charge on any atom is -0.488 e. The molecule has 3 rings (SSSR count). The molecule has 0 radical (unpaired) electrons. The summed E-state index contributed by atoms with van der Waals surface area (Å²) in [5.41, 5.74) is 1.40. The van der Waals surface area contributed by atoms with Gasteiger partial charge in [-0.15, -0.1) is 0 Å². The van der Waals surface area contributed by atoms with Gasteiger partial charge in [-0.3, -0.25) is 4.79 Å². The number of ether oxygens (including phenoxy) is 1. The van der Waals surface area contributed by atoms with Gasteiger partial charge in [0, 0.05) is 10.0 Å². The molecule has 1 N–H and O–H groups in total. The highest BCUT2D eigenvalue weighted by atomic mass is 79.9. The number of amides is 1. The van der Waals surface area contributed by atoms with Crippen LogP contribution in [-0.2, 0) is 11.4 Å².